The second-order valence-electron chi connectivity index (χ2n) is 7.76. The molecule has 0 fully saturated rings. The normalized spacial score (nSPS) is 17.9. The van der Waals surface area contributed by atoms with E-state index in [2.05, 4.69) is 5.32 Å². The number of nitrogens with one attached hydrogen (secondary N) is 1. The molecule has 0 radical (unpaired) electrons. The SMILES string of the molecule is CC[C@H](C)[C@@H](C(=O)OCC(=O)N1c2ccccc2NC(=O)C[C@@H]1C)c1ccccc1. The van der Waals surface area contributed by atoms with E-state index in [1.165, 1.54) is 0 Å². The molecule has 0 bridgehead atoms. The summed E-state index contributed by atoms with van der Waals surface area (Å²) in [7, 11) is 0. The van der Waals surface area contributed by atoms with Crippen LogP contribution < -0.4 is 10.2 Å². The Balaban J connectivity index is 1.77. The number of fused-ring (bicyclic) bond motifs is 1. The average molecular weight is 408 g/mol. The van der Waals surface area contributed by atoms with Gasteiger partial charge in [-0.2, -0.15) is 0 Å². The lowest BCUT2D eigenvalue weighted by atomic mass is 9.86. The van der Waals surface area contributed by atoms with Crippen molar-refractivity contribution in [3.8, 4) is 0 Å². The number of amides is 2. The van der Waals surface area contributed by atoms with Crippen molar-refractivity contribution in [2.75, 3.05) is 16.8 Å². The first kappa shape index (κ1) is 21.6. The van der Waals surface area contributed by atoms with Gasteiger partial charge in [0, 0.05) is 12.5 Å². The van der Waals surface area contributed by atoms with Gasteiger partial charge < -0.3 is 15.0 Å². The van der Waals surface area contributed by atoms with Gasteiger partial charge >= 0.3 is 5.97 Å². The Morgan fingerprint density at radius 2 is 1.80 bits per heavy atom. The zero-order valence-electron chi connectivity index (χ0n) is 17.6. The Bertz CT molecular complexity index is 912. The van der Waals surface area contributed by atoms with Crippen molar-refractivity contribution in [3.05, 3.63) is 60.2 Å². The minimum absolute atomic E-state index is 0.0784. The minimum Gasteiger partial charge on any atom is -0.455 e. The lowest BCUT2D eigenvalue weighted by Gasteiger charge is -2.28. The third kappa shape index (κ3) is 4.70. The fraction of sp³-hybridized carbons (Fsp3) is 0.375. The molecule has 0 saturated carbocycles. The van der Waals surface area contributed by atoms with E-state index in [9.17, 15) is 14.4 Å². The number of rotatable bonds is 6. The number of nitrogens with zero attached hydrogens (tertiary/aromatic N) is 1. The van der Waals surface area contributed by atoms with Crippen molar-refractivity contribution in [2.45, 2.75) is 45.6 Å². The first-order chi connectivity index (χ1) is 14.4. The number of para-hydroxylation sites is 2. The predicted octanol–water partition coefficient (Wildman–Crippen LogP) is 4.12. The van der Waals surface area contributed by atoms with Crippen LogP contribution in [0.2, 0.25) is 0 Å². The van der Waals surface area contributed by atoms with Crippen LogP contribution in [0.3, 0.4) is 0 Å². The van der Waals surface area contributed by atoms with E-state index in [0.717, 1.165) is 12.0 Å². The highest BCUT2D eigenvalue weighted by molar-refractivity contribution is 6.05. The molecule has 30 heavy (non-hydrogen) atoms. The maximum Gasteiger partial charge on any atom is 0.314 e. The third-order valence-corrected chi connectivity index (χ3v) is 5.59. The maximum absolute atomic E-state index is 13.0. The Morgan fingerprint density at radius 3 is 2.50 bits per heavy atom. The summed E-state index contributed by atoms with van der Waals surface area (Å²) in [4.78, 5) is 39.6. The summed E-state index contributed by atoms with van der Waals surface area (Å²) < 4.78 is 5.49. The molecule has 6 heteroatoms. The third-order valence-electron chi connectivity index (χ3n) is 5.59. The van der Waals surface area contributed by atoms with Crippen LogP contribution in [0.5, 0.6) is 0 Å². The van der Waals surface area contributed by atoms with Crippen LogP contribution >= 0.6 is 0 Å². The lowest BCUT2D eigenvalue weighted by Crippen LogP contribution is -2.42. The van der Waals surface area contributed by atoms with Crippen molar-refractivity contribution in [1.82, 2.24) is 0 Å². The van der Waals surface area contributed by atoms with Crippen LogP contribution in [0.1, 0.15) is 45.1 Å². The number of anilines is 2. The van der Waals surface area contributed by atoms with E-state index in [1.807, 2.05) is 57.2 Å². The van der Waals surface area contributed by atoms with Crippen molar-refractivity contribution in [1.29, 1.82) is 0 Å². The monoisotopic (exact) mass is 408 g/mol. The smallest absolute Gasteiger partial charge is 0.314 e. The van der Waals surface area contributed by atoms with Crippen LogP contribution in [0.25, 0.3) is 0 Å². The lowest BCUT2D eigenvalue weighted by molar-refractivity contribution is -0.150. The number of carbonyl (C=O) groups is 3. The Labute approximate surface area is 177 Å². The van der Waals surface area contributed by atoms with E-state index in [4.69, 9.17) is 4.74 Å². The predicted molar refractivity (Wildman–Crippen MR) is 116 cm³/mol. The highest BCUT2D eigenvalue weighted by Crippen LogP contribution is 2.32. The fourth-order valence-corrected chi connectivity index (χ4v) is 3.85. The Kier molecular flexibility index (Phi) is 6.87. The minimum atomic E-state index is -0.430. The van der Waals surface area contributed by atoms with Gasteiger partial charge in [0.2, 0.25) is 5.91 Å². The van der Waals surface area contributed by atoms with Crippen molar-refractivity contribution in [3.63, 3.8) is 0 Å². The molecule has 1 aliphatic heterocycles. The van der Waals surface area contributed by atoms with Gasteiger partial charge in [0.25, 0.3) is 5.91 Å². The fourth-order valence-electron chi connectivity index (χ4n) is 3.85. The second kappa shape index (κ2) is 9.57. The molecule has 0 aromatic heterocycles. The standard InChI is InChI=1S/C24H28N2O4/c1-4-16(2)23(18-10-6-5-7-11-18)24(29)30-15-22(28)26-17(3)14-21(27)25-19-12-8-9-13-20(19)26/h5-13,16-17,23H,4,14-15H2,1-3H3,(H,25,27)/t16-,17-,23+/m0/s1. The quantitative estimate of drug-likeness (QED) is 0.730. The van der Waals surface area contributed by atoms with Crippen LogP contribution in [0.4, 0.5) is 11.4 Å². The number of hydrogen-bond acceptors (Lipinski definition) is 4. The summed E-state index contributed by atoms with van der Waals surface area (Å²) >= 11 is 0. The number of hydrogen-bond donors (Lipinski definition) is 1. The zero-order chi connectivity index (χ0) is 21.7. The van der Waals surface area contributed by atoms with E-state index in [-0.39, 0.29) is 36.8 Å². The van der Waals surface area contributed by atoms with Crippen molar-refractivity contribution in [2.24, 2.45) is 5.92 Å². The van der Waals surface area contributed by atoms with Crippen LogP contribution in [0.15, 0.2) is 54.6 Å². The highest BCUT2D eigenvalue weighted by Gasteiger charge is 2.32. The van der Waals surface area contributed by atoms with Gasteiger partial charge in [-0.25, -0.2) is 0 Å². The number of carbonyl (C=O) groups excluding carboxylic acids is 3. The van der Waals surface area contributed by atoms with Gasteiger partial charge in [-0.05, 0) is 30.5 Å². The molecule has 1 N–H and O–H groups in total. The van der Waals surface area contributed by atoms with Gasteiger partial charge in [0.1, 0.15) is 0 Å². The molecule has 0 saturated heterocycles. The number of benzene rings is 2. The van der Waals surface area contributed by atoms with Gasteiger partial charge in [0.05, 0.1) is 17.3 Å². The molecular formula is C24H28N2O4. The van der Waals surface area contributed by atoms with Crippen LogP contribution in [-0.4, -0.2) is 30.4 Å². The Hall–Kier alpha value is -3.15. The topological polar surface area (TPSA) is 75.7 Å². The van der Waals surface area contributed by atoms with Gasteiger partial charge in [-0.3, -0.25) is 14.4 Å². The molecule has 2 amide bonds. The zero-order valence-corrected chi connectivity index (χ0v) is 17.6. The average Bonchev–Trinajstić information content (AvgIpc) is 2.87. The van der Waals surface area contributed by atoms with E-state index < -0.39 is 11.9 Å². The summed E-state index contributed by atoms with van der Waals surface area (Å²) in [6.07, 6.45) is 0.987. The van der Waals surface area contributed by atoms with Gasteiger partial charge in [-0.1, -0.05) is 62.7 Å². The summed E-state index contributed by atoms with van der Waals surface area (Å²) in [5.74, 6) is -1.26. The number of esters is 1. The largest absolute Gasteiger partial charge is 0.455 e. The Morgan fingerprint density at radius 1 is 1.13 bits per heavy atom. The molecular weight excluding hydrogens is 380 g/mol. The summed E-state index contributed by atoms with van der Waals surface area (Å²) in [5, 5.41) is 2.82. The molecule has 3 rings (SSSR count). The summed E-state index contributed by atoms with van der Waals surface area (Å²) in [5.41, 5.74) is 2.07. The summed E-state index contributed by atoms with van der Waals surface area (Å²) in [6, 6.07) is 16.3. The molecule has 1 heterocycles. The van der Waals surface area contributed by atoms with E-state index in [0.29, 0.717) is 11.4 Å². The molecule has 0 spiro atoms. The van der Waals surface area contributed by atoms with Crippen LogP contribution in [-0.2, 0) is 19.1 Å². The van der Waals surface area contributed by atoms with Crippen molar-refractivity contribution < 1.29 is 19.1 Å². The molecule has 6 nitrogen and oxygen atoms in total. The summed E-state index contributed by atoms with van der Waals surface area (Å²) in [6.45, 7) is 5.48. The number of ether oxygens (including phenoxy) is 1. The van der Waals surface area contributed by atoms with E-state index in [1.54, 1.807) is 23.1 Å². The molecule has 158 valence electrons. The molecule has 1 aliphatic rings. The van der Waals surface area contributed by atoms with Gasteiger partial charge in [-0.15, -0.1) is 0 Å². The molecule has 3 atom stereocenters. The molecule has 2 aromatic rings. The molecule has 0 unspecified atom stereocenters. The second-order valence-corrected chi connectivity index (χ2v) is 7.76. The van der Waals surface area contributed by atoms with Crippen molar-refractivity contribution >= 4 is 29.2 Å². The first-order valence-electron chi connectivity index (χ1n) is 10.3. The molecule has 2 aromatic carbocycles. The van der Waals surface area contributed by atoms with Gasteiger partial charge in [0.15, 0.2) is 6.61 Å². The first-order valence-corrected chi connectivity index (χ1v) is 10.3. The highest BCUT2D eigenvalue weighted by atomic mass is 16.5. The van der Waals surface area contributed by atoms with Crippen LogP contribution in [0, 0.1) is 5.92 Å². The maximum atomic E-state index is 13.0. The molecule has 0 aliphatic carbocycles. The van der Waals surface area contributed by atoms with E-state index >= 15 is 0 Å².